The Balaban J connectivity index is 2.53. The summed E-state index contributed by atoms with van der Waals surface area (Å²) < 4.78 is 4.34. The van der Waals surface area contributed by atoms with Crippen LogP contribution in [0.1, 0.15) is 19.8 Å². The van der Waals surface area contributed by atoms with Crippen LogP contribution < -0.4 is 0 Å². The Labute approximate surface area is 65.0 Å². The average molecular weight is 154 g/mol. The Morgan fingerprint density at radius 3 is 2.82 bits per heavy atom. The van der Waals surface area contributed by atoms with E-state index >= 15 is 0 Å². The lowest BCUT2D eigenvalue weighted by Gasteiger charge is -1.92. The second kappa shape index (κ2) is 3.32. The van der Waals surface area contributed by atoms with Crippen LogP contribution in [-0.4, -0.2) is 11.9 Å². The maximum absolute atomic E-state index is 10.8. The highest BCUT2D eigenvalue weighted by Gasteiger charge is 2.30. The Morgan fingerprint density at radius 1 is 1.64 bits per heavy atom. The summed E-state index contributed by atoms with van der Waals surface area (Å²) in [6.45, 7) is 1.97. The van der Waals surface area contributed by atoms with Gasteiger partial charge in [-0.1, -0.05) is 19.1 Å². The molecule has 0 radical (unpaired) electrons. The lowest BCUT2D eigenvalue weighted by atomic mass is 10.1. The van der Waals surface area contributed by atoms with Crippen molar-refractivity contribution in [2.75, 3.05) is 0 Å². The monoisotopic (exact) mass is 154 g/mol. The van der Waals surface area contributed by atoms with Crippen LogP contribution in [0.2, 0.25) is 0 Å². The minimum absolute atomic E-state index is 0.204. The minimum Gasteiger partial charge on any atom is -0.393 e. The summed E-state index contributed by atoms with van der Waals surface area (Å²) in [4.78, 5) is 21.3. The molecule has 0 aromatic heterocycles. The van der Waals surface area contributed by atoms with Crippen molar-refractivity contribution in [3.63, 3.8) is 0 Å². The van der Waals surface area contributed by atoms with Crippen molar-refractivity contribution in [3.05, 3.63) is 12.2 Å². The maximum Gasteiger partial charge on any atom is 0.321 e. The van der Waals surface area contributed by atoms with Gasteiger partial charge in [-0.2, -0.15) is 0 Å². The first-order chi connectivity index (χ1) is 5.24. The predicted molar refractivity (Wildman–Crippen MR) is 38.6 cm³/mol. The SMILES string of the molecule is CCC=C[C@@H]1CC(=O)OC1=O. The summed E-state index contributed by atoms with van der Waals surface area (Å²) in [5, 5.41) is 0. The van der Waals surface area contributed by atoms with E-state index in [1.807, 2.05) is 13.0 Å². The number of esters is 2. The average Bonchev–Trinajstić information content (AvgIpc) is 2.26. The summed E-state index contributed by atoms with van der Waals surface area (Å²) in [6.07, 6.45) is 4.67. The van der Waals surface area contributed by atoms with E-state index in [0.717, 1.165) is 6.42 Å². The van der Waals surface area contributed by atoms with E-state index in [4.69, 9.17) is 0 Å². The van der Waals surface area contributed by atoms with Crippen molar-refractivity contribution in [1.29, 1.82) is 0 Å². The molecule has 0 bridgehead atoms. The van der Waals surface area contributed by atoms with E-state index in [9.17, 15) is 9.59 Å². The van der Waals surface area contributed by atoms with E-state index in [2.05, 4.69) is 4.74 Å². The first-order valence-electron chi connectivity index (χ1n) is 3.65. The molecule has 0 saturated carbocycles. The fourth-order valence-electron chi connectivity index (χ4n) is 0.939. The standard InChI is InChI=1S/C8H10O3/c1-2-3-4-6-5-7(9)11-8(6)10/h3-4,6H,2,5H2,1H3/t6-/m1/s1. The Kier molecular flexibility index (Phi) is 2.41. The van der Waals surface area contributed by atoms with Crippen LogP contribution >= 0.6 is 0 Å². The molecule has 0 aromatic rings. The number of cyclic esters (lactones) is 2. The topological polar surface area (TPSA) is 43.4 Å². The number of allylic oxidation sites excluding steroid dienone is 1. The van der Waals surface area contributed by atoms with E-state index in [0.29, 0.717) is 0 Å². The Hall–Kier alpha value is -1.12. The molecule has 0 N–H and O–H groups in total. The van der Waals surface area contributed by atoms with Gasteiger partial charge in [0.05, 0.1) is 12.3 Å². The number of rotatable bonds is 2. The zero-order valence-electron chi connectivity index (χ0n) is 6.37. The molecule has 3 heteroatoms. The van der Waals surface area contributed by atoms with Crippen LogP contribution in [0.25, 0.3) is 0 Å². The highest BCUT2D eigenvalue weighted by atomic mass is 16.6. The zero-order valence-corrected chi connectivity index (χ0v) is 6.37. The van der Waals surface area contributed by atoms with Gasteiger partial charge in [0.15, 0.2) is 0 Å². The van der Waals surface area contributed by atoms with Crippen molar-refractivity contribution in [3.8, 4) is 0 Å². The van der Waals surface area contributed by atoms with Gasteiger partial charge in [0, 0.05) is 0 Å². The van der Waals surface area contributed by atoms with Gasteiger partial charge in [0.2, 0.25) is 0 Å². The van der Waals surface area contributed by atoms with Crippen molar-refractivity contribution in [1.82, 2.24) is 0 Å². The molecule has 1 fully saturated rings. The molecule has 1 atom stereocenters. The van der Waals surface area contributed by atoms with Gasteiger partial charge < -0.3 is 4.74 Å². The molecule has 1 aliphatic rings. The van der Waals surface area contributed by atoms with E-state index < -0.39 is 11.9 Å². The molecule has 0 aromatic carbocycles. The largest absolute Gasteiger partial charge is 0.393 e. The molecular formula is C8H10O3. The minimum atomic E-state index is -0.417. The third kappa shape index (κ3) is 1.90. The molecule has 0 spiro atoms. The number of carbonyl (C=O) groups excluding carboxylic acids is 2. The Bertz CT molecular complexity index is 205. The lowest BCUT2D eigenvalue weighted by Crippen LogP contribution is -2.03. The number of hydrogen-bond donors (Lipinski definition) is 0. The van der Waals surface area contributed by atoms with Gasteiger partial charge in [-0.25, -0.2) is 0 Å². The van der Waals surface area contributed by atoms with Crippen LogP contribution in [0.4, 0.5) is 0 Å². The first-order valence-corrected chi connectivity index (χ1v) is 3.65. The van der Waals surface area contributed by atoms with Gasteiger partial charge in [0.25, 0.3) is 0 Å². The highest BCUT2D eigenvalue weighted by molar-refractivity contribution is 5.95. The molecule has 1 aliphatic heterocycles. The van der Waals surface area contributed by atoms with Gasteiger partial charge >= 0.3 is 11.9 Å². The Morgan fingerprint density at radius 2 is 2.36 bits per heavy atom. The lowest BCUT2D eigenvalue weighted by molar-refractivity contribution is -0.152. The summed E-state index contributed by atoms with van der Waals surface area (Å²) in [5.41, 5.74) is 0. The summed E-state index contributed by atoms with van der Waals surface area (Å²) >= 11 is 0. The molecule has 0 amide bonds. The van der Waals surface area contributed by atoms with Gasteiger partial charge in [-0.3, -0.25) is 9.59 Å². The van der Waals surface area contributed by atoms with Crippen molar-refractivity contribution >= 4 is 11.9 Å². The summed E-state index contributed by atoms with van der Waals surface area (Å²) in [6, 6.07) is 0. The molecule has 11 heavy (non-hydrogen) atoms. The summed E-state index contributed by atoms with van der Waals surface area (Å²) in [7, 11) is 0. The molecule has 1 heterocycles. The van der Waals surface area contributed by atoms with Crippen molar-refractivity contribution < 1.29 is 14.3 Å². The van der Waals surface area contributed by atoms with Crippen LogP contribution in [0.3, 0.4) is 0 Å². The maximum atomic E-state index is 10.8. The van der Waals surface area contributed by atoms with Crippen LogP contribution in [0.15, 0.2) is 12.2 Å². The smallest absolute Gasteiger partial charge is 0.321 e. The molecule has 0 aliphatic carbocycles. The van der Waals surface area contributed by atoms with E-state index in [1.54, 1.807) is 6.08 Å². The quantitative estimate of drug-likeness (QED) is 0.339. The molecule has 1 rings (SSSR count). The van der Waals surface area contributed by atoms with Gasteiger partial charge in [0.1, 0.15) is 0 Å². The predicted octanol–water partition coefficient (Wildman–Crippen LogP) is 1.04. The molecule has 1 saturated heterocycles. The van der Waals surface area contributed by atoms with E-state index in [1.165, 1.54) is 0 Å². The fraction of sp³-hybridized carbons (Fsp3) is 0.500. The third-order valence-electron chi connectivity index (χ3n) is 1.51. The first kappa shape index (κ1) is 7.98. The van der Waals surface area contributed by atoms with Crippen molar-refractivity contribution in [2.24, 2.45) is 5.92 Å². The third-order valence-corrected chi connectivity index (χ3v) is 1.51. The number of ether oxygens (including phenoxy) is 1. The van der Waals surface area contributed by atoms with Crippen molar-refractivity contribution in [2.45, 2.75) is 19.8 Å². The normalized spacial score (nSPS) is 24.6. The zero-order chi connectivity index (χ0) is 8.27. The van der Waals surface area contributed by atoms with Crippen LogP contribution in [-0.2, 0) is 14.3 Å². The molecular weight excluding hydrogens is 144 g/mol. The van der Waals surface area contributed by atoms with Crippen LogP contribution in [0.5, 0.6) is 0 Å². The molecule has 0 unspecified atom stereocenters. The summed E-state index contributed by atoms with van der Waals surface area (Å²) in [5.74, 6) is -1.16. The fourth-order valence-corrected chi connectivity index (χ4v) is 0.939. The second-order valence-electron chi connectivity index (χ2n) is 2.44. The van der Waals surface area contributed by atoms with Gasteiger partial charge in [-0.05, 0) is 6.42 Å². The van der Waals surface area contributed by atoms with E-state index in [-0.39, 0.29) is 12.3 Å². The van der Waals surface area contributed by atoms with Crippen LogP contribution in [0, 0.1) is 5.92 Å². The second-order valence-corrected chi connectivity index (χ2v) is 2.44. The molecule has 60 valence electrons. The number of carbonyl (C=O) groups is 2. The van der Waals surface area contributed by atoms with Gasteiger partial charge in [-0.15, -0.1) is 0 Å². The number of hydrogen-bond acceptors (Lipinski definition) is 3. The highest BCUT2D eigenvalue weighted by Crippen LogP contribution is 2.16. The molecule has 3 nitrogen and oxygen atoms in total.